The smallest absolute Gasteiger partial charge is 0.292 e. The third-order valence-corrected chi connectivity index (χ3v) is 2.64. The van der Waals surface area contributed by atoms with Crippen LogP contribution in [0.25, 0.3) is 0 Å². The van der Waals surface area contributed by atoms with Gasteiger partial charge in [-0.2, -0.15) is 0 Å². The summed E-state index contributed by atoms with van der Waals surface area (Å²) in [6.07, 6.45) is 0. The third-order valence-electron chi connectivity index (χ3n) is 2.64. The molecule has 0 fully saturated rings. The maximum atomic E-state index is 11.7. The molecule has 6 heteroatoms. The van der Waals surface area contributed by atoms with Crippen molar-refractivity contribution in [2.75, 3.05) is 25.0 Å². The van der Waals surface area contributed by atoms with Crippen molar-refractivity contribution in [3.05, 3.63) is 34.4 Å². The summed E-state index contributed by atoms with van der Waals surface area (Å²) in [6, 6.07) is 6.11. The second-order valence-corrected chi connectivity index (χ2v) is 3.78. The van der Waals surface area contributed by atoms with E-state index in [2.05, 4.69) is 5.32 Å². The zero-order valence-corrected chi connectivity index (χ0v) is 10.5. The second-order valence-electron chi connectivity index (χ2n) is 3.78. The van der Waals surface area contributed by atoms with Gasteiger partial charge in [0.05, 0.1) is 11.5 Å². The minimum Gasteiger partial charge on any atom is -0.319 e. The molecular weight excluding hydrogens is 234 g/mol. The summed E-state index contributed by atoms with van der Waals surface area (Å²) in [7, 11) is 0. The molecule has 0 heterocycles. The largest absolute Gasteiger partial charge is 0.319 e. The SMILES string of the molecule is CCN(CC)CC(=O)Nc1ccccc1[N+](=O)[O-]. The average molecular weight is 251 g/mol. The van der Waals surface area contributed by atoms with Crippen LogP contribution in [-0.4, -0.2) is 35.4 Å². The van der Waals surface area contributed by atoms with Crippen molar-refractivity contribution in [2.45, 2.75) is 13.8 Å². The number of benzene rings is 1. The highest BCUT2D eigenvalue weighted by Gasteiger charge is 2.15. The van der Waals surface area contributed by atoms with Crippen molar-refractivity contribution in [1.82, 2.24) is 4.90 Å². The van der Waals surface area contributed by atoms with E-state index in [0.717, 1.165) is 13.1 Å². The summed E-state index contributed by atoms with van der Waals surface area (Å²) >= 11 is 0. The molecular formula is C12H17N3O3. The van der Waals surface area contributed by atoms with Gasteiger partial charge in [-0.15, -0.1) is 0 Å². The van der Waals surface area contributed by atoms with E-state index in [1.54, 1.807) is 12.1 Å². The molecule has 0 aliphatic rings. The number of nitro groups is 1. The summed E-state index contributed by atoms with van der Waals surface area (Å²) in [5, 5.41) is 13.4. The van der Waals surface area contributed by atoms with Gasteiger partial charge < -0.3 is 5.32 Å². The fourth-order valence-electron chi connectivity index (χ4n) is 1.58. The van der Waals surface area contributed by atoms with Crippen LogP contribution in [0.5, 0.6) is 0 Å². The molecule has 0 unspecified atom stereocenters. The van der Waals surface area contributed by atoms with E-state index in [1.165, 1.54) is 12.1 Å². The maximum Gasteiger partial charge on any atom is 0.292 e. The molecule has 6 nitrogen and oxygen atoms in total. The molecule has 98 valence electrons. The molecule has 1 amide bonds. The minimum absolute atomic E-state index is 0.0922. The van der Waals surface area contributed by atoms with Crippen molar-refractivity contribution >= 4 is 17.3 Å². The van der Waals surface area contributed by atoms with Gasteiger partial charge in [0, 0.05) is 6.07 Å². The molecule has 0 atom stereocenters. The van der Waals surface area contributed by atoms with Crippen LogP contribution in [0.4, 0.5) is 11.4 Å². The van der Waals surface area contributed by atoms with E-state index in [0.29, 0.717) is 0 Å². The molecule has 0 aromatic heterocycles. The lowest BCUT2D eigenvalue weighted by molar-refractivity contribution is -0.383. The lowest BCUT2D eigenvalue weighted by Crippen LogP contribution is -2.33. The molecule has 1 aromatic rings. The van der Waals surface area contributed by atoms with Crippen molar-refractivity contribution in [2.24, 2.45) is 0 Å². The summed E-state index contributed by atoms with van der Waals surface area (Å²) < 4.78 is 0. The standard InChI is InChI=1S/C12H17N3O3/c1-3-14(4-2)9-12(16)13-10-7-5-6-8-11(10)15(17)18/h5-8H,3-4,9H2,1-2H3,(H,13,16). The fourth-order valence-corrected chi connectivity index (χ4v) is 1.58. The van der Waals surface area contributed by atoms with Gasteiger partial charge in [0.2, 0.25) is 5.91 Å². The first-order valence-corrected chi connectivity index (χ1v) is 5.84. The number of hydrogen-bond acceptors (Lipinski definition) is 4. The van der Waals surface area contributed by atoms with Gasteiger partial charge in [0.1, 0.15) is 5.69 Å². The van der Waals surface area contributed by atoms with E-state index in [-0.39, 0.29) is 23.8 Å². The number of nitrogens with one attached hydrogen (secondary N) is 1. The van der Waals surface area contributed by atoms with E-state index in [1.807, 2.05) is 18.7 Å². The van der Waals surface area contributed by atoms with E-state index >= 15 is 0 Å². The van der Waals surface area contributed by atoms with E-state index in [9.17, 15) is 14.9 Å². The molecule has 1 aromatic carbocycles. The number of amides is 1. The van der Waals surface area contributed by atoms with Gasteiger partial charge in [-0.25, -0.2) is 0 Å². The van der Waals surface area contributed by atoms with E-state index in [4.69, 9.17) is 0 Å². The Morgan fingerprint density at radius 1 is 1.33 bits per heavy atom. The summed E-state index contributed by atoms with van der Waals surface area (Å²) in [6.45, 7) is 5.68. The Hall–Kier alpha value is -1.95. The Morgan fingerprint density at radius 2 is 1.94 bits per heavy atom. The molecule has 1 rings (SSSR count). The number of rotatable bonds is 6. The van der Waals surface area contributed by atoms with Gasteiger partial charge >= 0.3 is 0 Å². The van der Waals surface area contributed by atoms with Crippen LogP contribution in [-0.2, 0) is 4.79 Å². The van der Waals surface area contributed by atoms with Gasteiger partial charge in [0.15, 0.2) is 0 Å². The van der Waals surface area contributed by atoms with Gasteiger partial charge in [0.25, 0.3) is 5.69 Å². The van der Waals surface area contributed by atoms with Crippen molar-refractivity contribution < 1.29 is 9.72 Å². The zero-order valence-electron chi connectivity index (χ0n) is 10.5. The quantitative estimate of drug-likeness (QED) is 0.618. The van der Waals surface area contributed by atoms with Crippen LogP contribution < -0.4 is 5.32 Å². The number of likely N-dealkylation sites (N-methyl/N-ethyl adjacent to an activating group) is 1. The number of nitro benzene ring substituents is 1. The molecule has 0 aliphatic heterocycles. The monoisotopic (exact) mass is 251 g/mol. The summed E-state index contributed by atoms with van der Waals surface area (Å²) in [5.74, 6) is -0.243. The predicted octanol–water partition coefficient (Wildman–Crippen LogP) is 1.88. The first-order valence-electron chi connectivity index (χ1n) is 5.84. The minimum atomic E-state index is -0.507. The highest BCUT2D eigenvalue weighted by Crippen LogP contribution is 2.22. The Labute approximate surface area is 106 Å². The van der Waals surface area contributed by atoms with Crippen LogP contribution in [0.1, 0.15) is 13.8 Å². The second kappa shape index (κ2) is 6.70. The van der Waals surface area contributed by atoms with Crippen LogP contribution in [0, 0.1) is 10.1 Å². The highest BCUT2D eigenvalue weighted by atomic mass is 16.6. The zero-order chi connectivity index (χ0) is 13.5. The van der Waals surface area contributed by atoms with Crippen molar-refractivity contribution in [3.8, 4) is 0 Å². The molecule has 1 N–H and O–H groups in total. The maximum absolute atomic E-state index is 11.7. The molecule has 18 heavy (non-hydrogen) atoms. The average Bonchev–Trinajstić information content (AvgIpc) is 2.36. The number of anilines is 1. The lowest BCUT2D eigenvalue weighted by atomic mass is 10.2. The number of nitrogens with zero attached hydrogens (tertiary/aromatic N) is 2. The Morgan fingerprint density at radius 3 is 2.50 bits per heavy atom. The Kier molecular flexibility index (Phi) is 5.26. The summed E-state index contributed by atoms with van der Waals surface area (Å²) in [4.78, 5) is 23.9. The first-order chi connectivity index (χ1) is 8.58. The molecule has 0 saturated carbocycles. The topological polar surface area (TPSA) is 75.5 Å². The van der Waals surface area contributed by atoms with Crippen molar-refractivity contribution in [1.29, 1.82) is 0 Å². The highest BCUT2D eigenvalue weighted by molar-refractivity contribution is 5.94. The molecule has 0 aliphatic carbocycles. The lowest BCUT2D eigenvalue weighted by Gasteiger charge is -2.17. The van der Waals surface area contributed by atoms with Gasteiger partial charge in [-0.3, -0.25) is 19.8 Å². The van der Waals surface area contributed by atoms with Crippen LogP contribution in [0.3, 0.4) is 0 Å². The predicted molar refractivity (Wildman–Crippen MR) is 69.5 cm³/mol. The molecule has 0 bridgehead atoms. The fraction of sp³-hybridized carbons (Fsp3) is 0.417. The first kappa shape index (κ1) is 14.1. The number of para-hydroxylation sites is 2. The van der Waals surface area contributed by atoms with Crippen LogP contribution in [0.2, 0.25) is 0 Å². The molecule has 0 spiro atoms. The number of carbonyl (C=O) groups is 1. The Balaban J connectivity index is 2.73. The van der Waals surface area contributed by atoms with Crippen LogP contribution >= 0.6 is 0 Å². The van der Waals surface area contributed by atoms with Crippen molar-refractivity contribution in [3.63, 3.8) is 0 Å². The van der Waals surface area contributed by atoms with Gasteiger partial charge in [-0.1, -0.05) is 26.0 Å². The Bertz CT molecular complexity index is 430. The number of carbonyl (C=O) groups excluding carboxylic acids is 1. The molecule has 0 saturated heterocycles. The van der Waals surface area contributed by atoms with Crippen LogP contribution in [0.15, 0.2) is 24.3 Å². The third kappa shape index (κ3) is 3.81. The van der Waals surface area contributed by atoms with Gasteiger partial charge in [-0.05, 0) is 19.2 Å². The summed E-state index contributed by atoms with van der Waals surface area (Å²) in [5.41, 5.74) is 0.144. The molecule has 0 radical (unpaired) electrons. The van der Waals surface area contributed by atoms with E-state index < -0.39 is 4.92 Å². The number of hydrogen-bond donors (Lipinski definition) is 1. The normalized spacial score (nSPS) is 10.4.